The van der Waals surface area contributed by atoms with Gasteiger partial charge in [-0.3, -0.25) is 0 Å². The van der Waals surface area contributed by atoms with Crippen molar-refractivity contribution in [2.75, 3.05) is 11.9 Å². The van der Waals surface area contributed by atoms with Gasteiger partial charge in [-0.25, -0.2) is 0 Å². The third-order valence-electron chi connectivity index (χ3n) is 3.20. The van der Waals surface area contributed by atoms with Crippen LogP contribution in [0.3, 0.4) is 0 Å². The zero-order valence-corrected chi connectivity index (χ0v) is 9.59. The number of nitrogens with two attached hydrogens (primary N) is 1. The second-order valence-corrected chi connectivity index (χ2v) is 4.69. The maximum Gasteiger partial charge on any atom is 0.0387 e. The van der Waals surface area contributed by atoms with Crippen LogP contribution in [0.5, 0.6) is 0 Å². The van der Waals surface area contributed by atoms with Crippen molar-refractivity contribution in [2.45, 2.75) is 38.6 Å². The average molecular weight is 204 g/mol. The molecule has 3 N–H and O–H groups in total. The van der Waals surface area contributed by atoms with Gasteiger partial charge in [-0.1, -0.05) is 26.0 Å². The molecule has 1 aliphatic heterocycles. The Labute approximate surface area is 91.9 Å². The normalized spacial score (nSPS) is 19.9. The zero-order chi connectivity index (χ0) is 10.8. The summed E-state index contributed by atoms with van der Waals surface area (Å²) >= 11 is 0. The van der Waals surface area contributed by atoms with Crippen LogP contribution in [0.2, 0.25) is 0 Å². The predicted molar refractivity (Wildman–Crippen MR) is 65.3 cm³/mol. The number of hydrogen-bond donors (Lipinski definition) is 2. The monoisotopic (exact) mass is 204 g/mol. The highest BCUT2D eigenvalue weighted by molar-refractivity contribution is 5.55. The van der Waals surface area contributed by atoms with Gasteiger partial charge in [0.2, 0.25) is 0 Å². The molecular weight excluding hydrogens is 184 g/mol. The molecule has 0 aromatic heterocycles. The van der Waals surface area contributed by atoms with Crippen LogP contribution in [0.25, 0.3) is 0 Å². The quantitative estimate of drug-likeness (QED) is 0.776. The van der Waals surface area contributed by atoms with Crippen LogP contribution in [0.4, 0.5) is 5.69 Å². The van der Waals surface area contributed by atoms with E-state index >= 15 is 0 Å². The molecule has 0 saturated heterocycles. The molecule has 0 saturated carbocycles. The van der Waals surface area contributed by atoms with Crippen molar-refractivity contribution in [3.8, 4) is 0 Å². The summed E-state index contributed by atoms with van der Waals surface area (Å²) in [5.41, 5.74) is 9.84. The maximum absolute atomic E-state index is 5.68. The lowest BCUT2D eigenvalue weighted by Crippen LogP contribution is -2.32. The molecule has 1 atom stereocenters. The molecule has 82 valence electrons. The summed E-state index contributed by atoms with van der Waals surface area (Å²) in [6, 6.07) is 7.21. The molecule has 0 fully saturated rings. The summed E-state index contributed by atoms with van der Waals surface area (Å²) in [5, 5.41) is 3.49. The summed E-state index contributed by atoms with van der Waals surface area (Å²) in [6.07, 6.45) is 2.32. The Hall–Kier alpha value is -1.02. The third-order valence-corrected chi connectivity index (χ3v) is 3.20. The van der Waals surface area contributed by atoms with E-state index in [4.69, 9.17) is 5.73 Å². The van der Waals surface area contributed by atoms with Gasteiger partial charge < -0.3 is 11.1 Å². The van der Waals surface area contributed by atoms with Crippen LogP contribution in [-0.2, 0) is 6.42 Å². The van der Waals surface area contributed by atoms with Gasteiger partial charge in [-0.2, -0.15) is 0 Å². The number of fused-ring (bicyclic) bond motifs is 1. The Morgan fingerprint density at radius 2 is 2.27 bits per heavy atom. The first-order valence-electron chi connectivity index (χ1n) is 5.80. The van der Waals surface area contributed by atoms with Crippen molar-refractivity contribution < 1.29 is 0 Å². The van der Waals surface area contributed by atoms with Gasteiger partial charge in [0.25, 0.3) is 0 Å². The molecule has 0 amide bonds. The van der Waals surface area contributed by atoms with Gasteiger partial charge in [0.1, 0.15) is 0 Å². The predicted octanol–water partition coefficient (Wildman–Crippen LogP) is 2.50. The molecule has 1 heterocycles. The van der Waals surface area contributed by atoms with E-state index in [1.54, 1.807) is 0 Å². The van der Waals surface area contributed by atoms with E-state index in [1.807, 2.05) is 0 Å². The van der Waals surface area contributed by atoms with Crippen molar-refractivity contribution in [3.05, 3.63) is 29.3 Å². The Morgan fingerprint density at radius 1 is 1.47 bits per heavy atom. The summed E-state index contributed by atoms with van der Waals surface area (Å²) in [7, 11) is 0. The van der Waals surface area contributed by atoms with E-state index in [-0.39, 0.29) is 0 Å². The summed E-state index contributed by atoms with van der Waals surface area (Å²) in [4.78, 5) is 0. The fraction of sp³-hybridized carbons (Fsp3) is 0.538. The Bertz CT molecular complexity index is 344. The SMILES string of the molecule is CC(C)c1ccc2c(c1)CCC(CN)N2. The van der Waals surface area contributed by atoms with Crippen molar-refractivity contribution >= 4 is 5.69 Å². The fourth-order valence-electron chi connectivity index (χ4n) is 2.12. The molecule has 2 nitrogen and oxygen atoms in total. The molecular formula is C13H20N2. The van der Waals surface area contributed by atoms with Crippen molar-refractivity contribution in [2.24, 2.45) is 5.73 Å². The highest BCUT2D eigenvalue weighted by Crippen LogP contribution is 2.27. The molecule has 2 rings (SSSR count). The molecule has 0 radical (unpaired) electrons. The topological polar surface area (TPSA) is 38.0 Å². The second kappa shape index (κ2) is 4.23. The van der Waals surface area contributed by atoms with Crippen LogP contribution in [0.15, 0.2) is 18.2 Å². The maximum atomic E-state index is 5.68. The summed E-state index contributed by atoms with van der Waals surface area (Å²) < 4.78 is 0. The number of aryl methyl sites for hydroxylation is 1. The number of anilines is 1. The van der Waals surface area contributed by atoms with Gasteiger partial charge in [-0.15, -0.1) is 0 Å². The molecule has 1 unspecified atom stereocenters. The van der Waals surface area contributed by atoms with Crippen molar-refractivity contribution in [1.82, 2.24) is 0 Å². The molecule has 1 aliphatic rings. The summed E-state index contributed by atoms with van der Waals surface area (Å²) in [5.74, 6) is 0.613. The molecule has 0 aliphatic carbocycles. The van der Waals surface area contributed by atoms with Gasteiger partial charge in [-0.05, 0) is 36.0 Å². The molecule has 0 spiro atoms. The fourth-order valence-corrected chi connectivity index (χ4v) is 2.12. The zero-order valence-electron chi connectivity index (χ0n) is 9.59. The molecule has 0 bridgehead atoms. The highest BCUT2D eigenvalue weighted by Gasteiger charge is 2.16. The summed E-state index contributed by atoms with van der Waals surface area (Å²) in [6.45, 7) is 5.20. The number of rotatable bonds is 2. The second-order valence-electron chi connectivity index (χ2n) is 4.69. The van der Waals surface area contributed by atoms with Crippen LogP contribution in [0.1, 0.15) is 37.3 Å². The van der Waals surface area contributed by atoms with Gasteiger partial charge in [0.05, 0.1) is 0 Å². The van der Waals surface area contributed by atoms with Crippen LogP contribution in [-0.4, -0.2) is 12.6 Å². The van der Waals surface area contributed by atoms with Gasteiger partial charge >= 0.3 is 0 Å². The largest absolute Gasteiger partial charge is 0.381 e. The van der Waals surface area contributed by atoms with E-state index in [0.29, 0.717) is 12.0 Å². The number of benzene rings is 1. The van der Waals surface area contributed by atoms with Crippen LogP contribution >= 0.6 is 0 Å². The van der Waals surface area contributed by atoms with Crippen LogP contribution in [0, 0.1) is 0 Å². The molecule has 1 aromatic rings. The van der Waals surface area contributed by atoms with Crippen LogP contribution < -0.4 is 11.1 Å². The smallest absolute Gasteiger partial charge is 0.0387 e. The van der Waals surface area contributed by atoms with E-state index in [9.17, 15) is 0 Å². The molecule has 1 aromatic carbocycles. The molecule has 15 heavy (non-hydrogen) atoms. The minimum atomic E-state index is 0.461. The Morgan fingerprint density at radius 3 is 2.93 bits per heavy atom. The Kier molecular flexibility index (Phi) is 2.96. The van der Waals surface area contributed by atoms with E-state index in [2.05, 4.69) is 37.4 Å². The molecule has 2 heteroatoms. The van der Waals surface area contributed by atoms with E-state index in [0.717, 1.165) is 19.4 Å². The lowest BCUT2D eigenvalue weighted by atomic mass is 9.93. The van der Waals surface area contributed by atoms with Crippen molar-refractivity contribution in [3.63, 3.8) is 0 Å². The minimum Gasteiger partial charge on any atom is -0.381 e. The van der Waals surface area contributed by atoms with E-state index in [1.165, 1.54) is 16.8 Å². The van der Waals surface area contributed by atoms with Gasteiger partial charge in [0.15, 0.2) is 0 Å². The highest BCUT2D eigenvalue weighted by atomic mass is 14.9. The van der Waals surface area contributed by atoms with E-state index < -0.39 is 0 Å². The third kappa shape index (κ3) is 2.15. The standard InChI is InChI=1S/C13H20N2/c1-9(2)10-4-6-13-11(7-10)3-5-12(8-14)15-13/h4,6-7,9,12,15H,3,5,8,14H2,1-2H3. The van der Waals surface area contributed by atoms with Gasteiger partial charge in [0, 0.05) is 18.3 Å². The lowest BCUT2D eigenvalue weighted by Gasteiger charge is -2.26. The first-order chi connectivity index (χ1) is 7.20. The first-order valence-corrected chi connectivity index (χ1v) is 5.80. The lowest BCUT2D eigenvalue weighted by molar-refractivity contribution is 0.638. The van der Waals surface area contributed by atoms with Crippen molar-refractivity contribution in [1.29, 1.82) is 0 Å². The first kappa shape index (κ1) is 10.5. The minimum absolute atomic E-state index is 0.461. The number of nitrogens with one attached hydrogen (secondary N) is 1. The average Bonchev–Trinajstić information content (AvgIpc) is 2.27. The number of hydrogen-bond acceptors (Lipinski definition) is 2. The Balaban J connectivity index is 2.24.